The van der Waals surface area contributed by atoms with E-state index in [4.69, 9.17) is 4.74 Å². The molecule has 1 aromatic rings. The number of hydrogen-bond donors (Lipinski definition) is 1. The van der Waals surface area contributed by atoms with E-state index in [1.165, 1.54) is 0 Å². The van der Waals surface area contributed by atoms with Crippen LogP contribution in [0.2, 0.25) is 0 Å². The van der Waals surface area contributed by atoms with Gasteiger partial charge in [0.15, 0.2) is 5.78 Å². The van der Waals surface area contributed by atoms with Gasteiger partial charge in [0.25, 0.3) is 0 Å². The van der Waals surface area contributed by atoms with E-state index in [1.807, 2.05) is 44.2 Å². The zero-order chi connectivity index (χ0) is 14.8. The van der Waals surface area contributed by atoms with Crippen molar-refractivity contribution in [3.8, 4) is 0 Å². The first kappa shape index (κ1) is 14.6. The number of nitrogens with one attached hydrogen (secondary N) is 1. The van der Waals surface area contributed by atoms with E-state index in [1.54, 1.807) is 6.92 Å². The van der Waals surface area contributed by atoms with Crippen LogP contribution in [-0.2, 0) is 14.3 Å². The lowest BCUT2D eigenvalue weighted by Crippen LogP contribution is -2.36. The fourth-order valence-electron chi connectivity index (χ4n) is 2.58. The molecule has 2 unspecified atom stereocenters. The maximum Gasteiger partial charge on any atom is 0.306 e. The normalized spacial score (nSPS) is 22.1. The summed E-state index contributed by atoms with van der Waals surface area (Å²) in [6.07, 6.45) is 0.982. The van der Waals surface area contributed by atoms with E-state index in [9.17, 15) is 9.59 Å². The van der Waals surface area contributed by atoms with E-state index in [0.29, 0.717) is 12.8 Å². The molecule has 0 bridgehead atoms. The number of carbonyl (C=O) groups is 2. The van der Waals surface area contributed by atoms with Gasteiger partial charge in [-0.3, -0.25) is 9.59 Å². The number of hydrogen-bond acceptors (Lipinski definition) is 4. The summed E-state index contributed by atoms with van der Waals surface area (Å²) in [6.45, 7) is 5.38. The van der Waals surface area contributed by atoms with Gasteiger partial charge >= 0.3 is 5.97 Å². The maximum absolute atomic E-state index is 11.8. The summed E-state index contributed by atoms with van der Waals surface area (Å²) in [7, 11) is 0. The van der Waals surface area contributed by atoms with Crippen molar-refractivity contribution in [2.24, 2.45) is 5.92 Å². The number of benzene rings is 1. The van der Waals surface area contributed by atoms with Crippen LogP contribution in [-0.4, -0.2) is 23.4 Å². The summed E-state index contributed by atoms with van der Waals surface area (Å²) in [6, 6.07) is 9.34. The van der Waals surface area contributed by atoms with Crippen LogP contribution in [0.4, 0.5) is 5.69 Å². The molecule has 108 valence electrons. The van der Waals surface area contributed by atoms with Crippen LogP contribution in [0.3, 0.4) is 0 Å². The Labute approximate surface area is 119 Å². The summed E-state index contributed by atoms with van der Waals surface area (Å²) in [5, 5.41) is 3.24. The number of carbonyl (C=O) groups excluding carboxylic acids is 2. The van der Waals surface area contributed by atoms with E-state index < -0.39 is 5.60 Å². The van der Waals surface area contributed by atoms with Crippen molar-refractivity contribution in [2.75, 3.05) is 5.32 Å². The van der Waals surface area contributed by atoms with Crippen LogP contribution < -0.4 is 5.32 Å². The molecular formula is C16H21NO3. The first-order valence-corrected chi connectivity index (χ1v) is 6.92. The fourth-order valence-corrected chi connectivity index (χ4v) is 2.58. The largest absolute Gasteiger partial charge is 0.459 e. The van der Waals surface area contributed by atoms with Crippen LogP contribution in [0.1, 0.15) is 33.6 Å². The van der Waals surface area contributed by atoms with Crippen LogP contribution in [0.5, 0.6) is 0 Å². The van der Waals surface area contributed by atoms with Crippen LogP contribution in [0.15, 0.2) is 30.3 Å². The first-order chi connectivity index (χ1) is 9.38. The lowest BCUT2D eigenvalue weighted by molar-refractivity contribution is -0.146. The van der Waals surface area contributed by atoms with Gasteiger partial charge in [-0.15, -0.1) is 0 Å². The zero-order valence-corrected chi connectivity index (χ0v) is 12.2. The topological polar surface area (TPSA) is 55.4 Å². The number of para-hydroxylation sites is 1. The number of esters is 1. The molecule has 0 aliphatic carbocycles. The third-order valence-electron chi connectivity index (χ3n) is 3.90. The number of anilines is 1. The van der Waals surface area contributed by atoms with Gasteiger partial charge in [0, 0.05) is 11.6 Å². The monoisotopic (exact) mass is 275 g/mol. The van der Waals surface area contributed by atoms with Crippen molar-refractivity contribution >= 4 is 17.4 Å². The molecule has 0 radical (unpaired) electrons. The van der Waals surface area contributed by atoms with Crippen molar-refractivity contribution < 1.29 is 14.3 Å². The lowest BCUT2D eigenvalue weighted by Gasteiger charge is -2.28. The van der Waals surface area contributed by atoms with Crippen molar-refractivity contribution in [2.45, 2.75) is 45.3 Å². The third-order valence-corrected chi connectivity index (χ3v) is 3.90. The number of Topliss-reactive ketones (excluding diaryl/α,β-unsaturated/α-hetero) is 1. The SMILES string of the molecule is CC(=O)C(CC1CC(=O)OC1(C)C)Nc1ccccc1. The number of rotatable bonds is 5. The Kier molecular flexibility index (Phi) is 4.12. The summed E-state index contributed by atoms with van der Waals surface area (Å²) in [5.74, 6) is -0.0499. The molecular weight excluding hydrogens is 254 g/mol. The second kappa shape index (κ2) is 5.65. The molecule has 20 heavy (non-hydrogen) atoms. The Hall–Kier alpha value is -1.84. The number of cyclic esters (lactones) is 1. The van der Waals surface area contributed by atoms with Crippen molar-refractivity contribution in [1.29, 1.82) is 0 Å². The van der Waals surface area contributed by atoms with Gasteiger partial charge in [-0.05, 0) is 39.3 Å². The summed E-state index contributed by atoms with van der Waals surface area (Å²) >= 11 is 0. The van der Waals surface area contributed by atoms with Gasteiger partial charge in [-0.2, -0.15) is 0 Å². The number of ketones is 1. The van der Waals surface area contributed by atoms with Crippen LogP contribution in [0, 0.1) is 5.92 Å². The first-order valence-electron chi connectivity index (χ1n) is 6.92. The minimum atomic E-state index is -0.497. The van der Waals surface area contributed by atoms with Crippen molar-refractivity contribution in [3.05, 3.63) is 30.3 Å². The van der Waals surface area contributed by atoms with E-state index >= 15 is 0 Å². The Bertz CT molecular complexity index is 496. The molecule has 0 amide bonds. The molecule has 2 atom stereocenters. The molecule has 1 saturated heterocycles. The lowest BCUT2D eigenvalue weighted by atomic mass is 9.84. The van der Waals surface area contributed by atoms with Gasteiger partial charge in [0.05, 0.1) is 12.5 Å². The van der Waals surface area contributed by atoms with Crippen molar-refractivity contribution in [1.82, 2.24) is 0 Å². The molecule has 4 nitrogen and oxygen atoms in total. The molecule has 1 aliphatic heterocycles. The van der Waals surface area contributed by atoms with Crippen LogP contribution >= 0.6 is 0 Å². The minimum Gasteiger partial charge on any atom is -0.459 e. The standard InChI is InChI=1S/C16H21NO3/c1-11(18)14(17-13-7-5-4-6-8-13)9-12-10-15(19)20-16(12,2)3/h4-8,12,14,17H,9-10H2,1-3H3. The third kappa shape index (κ3) is 3.38. The van der Waals surface area contributed by atoms with Gasteiger partial charge in [0.1, 0.15) is 5.60 Å². The smallest absolute Gasteiger partial charge is 0.306 e. The molecule has 1 N–H and O–H groups in total. The second-order valence-corrected chi connectivity index (χ2v) is 5.89. The Morgan fingerprint density at radius 2 is 2.05 bits per heavy atom. The highest BCUT2D eigenvalue weighted by Crippen LogP contribution is 2.36. The summed E-state index contributed by atoms with van der Waals surface area (Å²) in [5.41, 5.74) is 0.416. The van der Waals surface area contributed by atoms with E-state index in [-0.39, 0.29) is 23.7 Å². The number of ether oxygens (including phenoxy) is 1. The Balaban J connectivity index is 2.07. The average molecular weight is 275 g/mol. The highest BCUT2D eigenvalue weighted by Gasteiger charge is 2.43. The predicted octanol–water partition coefficient (Wildman–Crippen LogP) is 2.79. The molecule has 0 spiro atoms. The second-order valence-electron chi connectivity index (χ2n) is 5.89. The highest BCUT2D eigenvalue weighted by atomic mass is 16.6. The van der Waals surface area contributed by atoms with Gasteiger partial charge in [0.2, 0.25) is 0 Å². The quantitative estimate of drug-likeness (QED) is 0.840. The van der Waals surface area contributed by atoms with Crippen LogP contribution in [0.25, 0.3) is 0 Å². The van der Waals surface area contributed by atoms with Crippen molar-refractivity contribution in [3.63, 3.8) is 0 Å². The molecule has 1 aliphatic rings. The summed E-state index contributed by atoms with van der Waals surface area (Å²) < 4.78 is 5.31. The highest BCUT2D eigenvalue weighted by molar-refractivity contribution is 5.84. The molecule has 1 fully saturated rings. The molecule has 1 heterocycles. The van der Waals surface area contributed by atoms with E-state index in [2.05, 4.69) is 5.32 Å². The van der Waals surface area contributed by atoms with Gasteiger partial charge < -0.3 is 10.1 Å². The minimum absolute atomic E-state index is 0.0557. The van der Waals surface area contributed by atoms with E-state index in [0.717, 1.165) is 5.69 Å². The maximum atomic E-state index is 11.8. The Morgan fingerprint density at radius 1 is 1.40 bits per heavy atom. The summed E-state index contributed by atoms with van der Waals surface area (Å²) in [4.78, 5) is 23.3. The molecule has 0 saturated carbocycles. The molecule has 2 rings (SSSR count). The Morgan fingerprint density at radius 3 is 2.55 bits per heavy atom. The molecule has 1 aromatic carbocycles. The van der Waals surface area contributed by atoms with Gasteiger partial charge in [-0.1, -0.05) is 18.2 Å². The van der Waals surface area contributed by atoms with Gasteiger partial charge in [-0.25, -0.2) is 0 Å². The zero-order valence-electron chi connectivity index (χ0n) is 12.2. The molecule has 0 aromatic heterocycles. The predicted molar refractivity (Wildman–Crippen MR) is 77.4 cm³/mol. The average Bonchev–Trinajstić information content (AvgIpc) is 2.62. The fraction of sp³-hybridized carbons (Fsp3) is 0.500. The molecule has 4 heteroatoms.